The summed E-state index contributed by atoms with van der Waals surface area (Å²) in [4.78, 5) is 8.77. The van der Waals surface area contributed by atoms with Crippen LogP contribution in [-0.2, 0) is 27.5 Å². The number of ether oxygens (including phenoxy) is 3. The summed E-state index contributed by atoms with van der Waals surface area (Å²) in [5.41, 5.74) is 2.80. The molecular formula is C23H30N4O5P2. The average molecular weight is 504 g/mol. The molecule has 2 N–H and O–H groups in total. The average Bonchev–Trinajstić information content (AvgIpc) is 3.37. The Morgan fingerprint density at radius 1 is 1.21 bits per heavy atom. The van der Waals surface area contributed by atoms with Gasteiger partial charge in [0.25, 0.3) is 0 Å². The van der Waals surface area contributed by atoms with Crippen LogP contribution in [0, 0.1) is 0 Å². The molecule has 1 saturated heterocycles. The fourth-order valence-electron chi connectivity index (χ4n) is 4.19. The number of aliphatic hydroxyl groups excluding tert-OH is 2. The Labute approximate surface area is 202 Å². The maximum atomic E-state index is 11.4. The minimum atomic E-state index is -1.10. The van der Waals surface area contributed by atoms with Crippen LogP contribution in [-0.4, -0.2) is 48.8 Å². The lowest BCUT2D eigenvalue weighted by molar-refractivity contribution is -0.160. The summed E-state index contributed by atoms with van der Waals surface area (Å²) in [5, 5.41) is 22.0. The van der Waals surface area contributed by atoms with E-state index in [0.717, 1.165) is 5.56 Å². The van der Waals surface area contributed by atoms with Crippen LogP contribution in [0.3, 0.4) is 0 Å². The summed E-state index contributed by atoms with van der Waals surface area (Å²) >= 11 is 0. The number of nitrogens with zero attached hydrogens (tertiary/aromatic N) is 4. The van der Waals surface area contributed by atoms with Gasteiger partial charge >= 0.3 is 0 Å². The molecule has 4 rings (SSSR count). The van der Waals surface area contributed by atoms with Crippen molar-refractivity contribution < 1.29 is 24.4 Å². The van der Waals surface area contributed by atoms with Crippen molar-refractivity contribution in [3.05, 3.63) is 54.0 Å². The second kappa shape index (κ2) is 10.8. The molecule has 1 aliphatic heterocycles. The molecule has 0 aliphatic carbocycles. The molecule has 0 amide bonds. The van der Waals surface area contributed by atoms with E-state index >= 15 is 0 Å². The largest absolute Gasteiger partial charge is 0.390 e. The van der Waals surface area contributed by atoms with E-state index in [0.29, 0.717) is 43.5 Å². The Balaban J connectivity index is 1.69. The zero-order valence-electron chi connectivity index (χ0n) is 19.4. The quantitative estimate of drug-likeness (QED) is 0.413. The van der Waals surface area contributed by atoms with Gasteiger partial charge in [-0.1, -0.05) is 46.2 Å². The van der Waals surface area contributed by atoms with E-state index in [2.05, 4.69) is 23.6 Å². The first-order valence-corrected chi connectivity index (χ1v) is 13.6. The maximum absolute atomic E-state index is 11.4. The Hall–Kier alpha value is -1.83. The zero-order valence-corrected chi connectivity index (χ0v) is 21.5. The number of fused-ring (bicyclic) bond motifs is 1. The topological polar surface area (TPSA) is 111 Å². The normalized spacial score (nSPS) is 21.9. The van der Waals surface area contributed by atoms with E-state index in [1.165, 1.54) is 6.33 Å². The van der Waals surface area contributed by atoms with Crippen molar-refractivity contribution in [2.24, 2.45) is 4.74 Å². The van der Waals surface area contributed by atoms with Gasteiger partial charge in [-0.25, -0.2) is 14.7 Å². The monoisotopic (exact) mass is 504 g/mol. The second-order valence-corrected chi connectivity index (χ2v) is 9.74. The lowest BCUT2D eigenvalue weighted by atomic mass is 9.97. The molecule has 34 heavy (non-hydrogen) atoms. The lowest BCUT2D eigenvalue weighted by Gasteiger charge is -2.24. The minimum absolute atomic E-state index is 0.219. The van der Waals surface area contributed by atoms with Crippen LogP contribution < -0.4 is 0 Å². The molecule has 1 fully saturated rings. The number of aliphatic hydroxyl groups is 2. The van der Waals surface area contributed by atoms with E-state index in [-0.39, 0.29) is 6.73 Å². The van der Waals surface area contributed by atoms with Crippen molar-refractivity contribution >= 4 is 33.8 Å². The predicted molar refractivity (Wildman–Crippen MR) is 133 cm³/mol. The van der Waals surface area contributed by atoms with Crippen molar-refractivity contribution in [2.45, 2.75) is 70.7 Å². The van der Waals surface area contributed by atoms with Gasteiger partial charge in [0, 0.05) is 19.8 Å². The molecule has 0 bridgehead atoms. The summed E-state index contributed by atoms with van der Waals surface area (Å²) in [6.07, 6.45) is 0.362. The van der Waals surface area contributed by atoms with Crippen molar-refractivity contribution in [1.82, 2.24) is 14.5 Å². The number of aromatic nitrogens is 3. The number of rotatable bonds is 9. The third-order valence-electron chi connectivity index (χ3n) is 5.74. The Morgan fingerprint density at radius 2 is 1.94 bits per heavy atom. The van der Waals surface area contributed by atoms with Gasteiger partial charge < -0.3 is 29.0 Å². The van der Waals surface area contributed by atoms with Crippen LogP contribution in [0.4, 0.5) is 5.82 Å². The fraction of sp³-hybridized carbons (Fsp3) is 0.478. The van der Waals surface area contributed by atoms with Crippen LogP contribution in [0.1, 0.15) is 44.4 Å². The molecule has 3 aromatic rings. The second-order valence-electron chi connectivity index (χ2n) is 8.61. The third-order valence-corrected chi connectivity index (χ3v) is 6.40. The first kappa shape index (κ1) is 25.3. The van der Waals surface area contributed by atoms with E-state index < -0.39 is 30.2 Å². The van der Waals surface area contributed by atoms with Crippen LogP contribution in [0.5, 0.6) is 0 Å². The first-order chi connectivity index (χ1) is 16.3. The molecule has 5 atom stereocenters. The Kier molecular flexibility index (Phi) is 8.05. The molecule has 3 heterocycles. The van der Waals surface area contributed by atoms with Gasteiger partial charge in [-0.15, -0.1) is 0 Å². The van der Waals surface area contributed by atoms with Crippen LogP contribution in [0.15, 0.2) is 47.6 Å². The molecule has 182 valence electrons. The van der Waals surface area contributed by atoms with Gasteiger partial charge in [-0.05, 0) is 25.8 Å². The van der Waals surface area contributed by atoms with Crippen molar-refractivity contribution in [2.75, 3.05) is 0 Å². The zero-order chi connectivity index (χ0) is 24.3. The molecule has 0 saturated carbocycles. The number of hydrogen-bond donors (Lipinski definition) is 2. The molecular weight excluding hydrogens is 474 g/mol. The smallest absolute Gasteiger partial charge is 0.184 e. The van der Waals surface area contributed by atoms with Crippen molar-refractivity contribution in [1.29, 1.82) is 0 Å². The van der Waals surface area contributed by atoms with Gasteiger partial charge in [-0.2, -0.15) is 0 Å². The molecule has 1 aromatic carbocycles. The Bertz CT molecular complexity index is 1140. The summed E-state index contributed by atoms with van der Waals surface area (Å²) in [7, 11) is 3.24. The minimum Gasteiger partial charge on any atom is -0.390 e. The SMILES string of the molecule is CC[C@@H](O)[C@H]1OC(C)(C)OC1C(O)c1cn(COCc2ccccc2)c2c(N=PP)ncnc12. The standard InChI is InChI=1S/C23H30N4O5P2/c1-4-16(28)20-21(32-23(2,3)31-20)19(29)15-10-27(13-30-11-14-8-6-5-7-9-14)18-17(15)24-12-25-22(18)26-34-33/h5-10,12,16,19-21,28-29H,4,11,13,33H2,1-3H3/t16-,19?,20-,21?/m1/s1. The summed E-state index contributed by atoms with van der Waals surface area (Å²) in [5.74, 6) is -0.435. The highest BCUT2D eigenvalue weighted by molar-refractivity contribution is 7.97. The van der Waals surface area contributed by atoms with Crippen molar-refractivity contribution in [3.63, 3.8) is 0 Å². The lowest BCUT2D eigenvalue weighted by Crippen LogP contribution is -2.38. The molecule has 1 aliphatic rings. The molecule has 3 unspecified atom stereocenters. The van der Waals surface area contributed by atoms with Gasteiger partial charge in [0.1, 0.15) is 36.9 Å². The highest BCUT2D eigenvalue weighted by atomic mass is 32.0. The van der Waals surface area contributed by atoms with Crippen LogP contribution >= 0.6 is 17.0 Å². The summed E-state index contributed by atoms with van der Waals surface area (Å²) in [6.45, 7) is 6.05. The maximum Gasteiger partial charge on any atom is 0.184 e. The highest BCUT2D eigenvalue weighted by Crippen LogP contribution is 2.40. The van der Waals surface area contributed by atoms with E-state index in [1.54, 1.807) is 20.0 Å². The Morgan fingerprint density at radius 3 is 2.65 bits per heavy atom. The highest BCUT2D eigenvalue weighted by Gasteiger charge is 2.48. The number of benzene rings is 1. The molecule has 0 radical (unpaired) electrons. The summed E-state index contributed by atoms with van der Waals surface area (Å²) < 4.78 is 24.2. The fourth-order valence-corrected chi connectivity index (χ4v) is 4.77. The number of hydrogen-bond acceptors (Lipinski definition) is 8. The molecule has 2 aromatic heterocycles. The van der Waals surface area contributed by atoms with Crippen LogP contribution in [0.25, 0.3) is 11.0 Å². The van der Waals surface area contributed by atoms with E-state index in [1.807, 2.05) is 41.8 Å². The van der Waals surface area contributed by atoms with E-state index in [9.17, 15) is 10.2 Å². The molecule has 11 heteroatoms. The molecule has 9 nitrogen and oxygen atoms in total. The van der Waals surface area contributed by atoms with Gasteiger partial charge in [0.05, 0.1) is 18.2 Å². The van der Waals surface area contributed by atoms with Crippen LogP contribution in [0.2, 0.25) is 0 Å². The predicted octanol–water partition coefficient (Wildman–Crippen LogP) is 4.48. The van der Waals surface area contributed by atoms with Gasteiger partial charge in [-0.3, -0.25) is 0 Å². The van der Waals surface area contributed by atoms with E-state index in [4.69, 9.17) is 14.2 Å². The first-order valence-electron chi connectivity index (χ1n) is 11.1. The van der Waals surface area contributed by atoms with Gasteiger partial charge in [0.15, 0.2) is 11.6 Å². The third kappa shape index (κ3) is 5.37. The molecule has 0 spiro atoms. The summed E-state index contributed by atoms with van der Waals surface area (Å²) in [6, 6.07) is 9.89. The van der Waals surface area contributed by atoms with Crippen molar-refractivity contribution in [3.8, 4) is 0 Å². The van der Waals surface area contributed by atoms with Gasteiger partial charge in [0.2, 0.25) is 0 Å².